The molecule has 1 aromatic rings. The lowest BCUT2D eigenvalue weighted by molar-refractivity contribution is -0.385. The van der Waals surface area contributed by atoms with Gasteiger partial charge in [0.25, 0.3) is 5.91 Å². The van der Waals surface area contributed by atoms with Crippen molar-refractivity contribution in [2.45, 2.75) is 31.5 Å². The van der Waals surface area contributed by atoms with Gasteiger partial charge >= 0.3 is 5.69 Å². The molecule has 5 N–H and O–H groups in total. The Balaban J connectivity index is 2.48. The van der Waals surface area contributed by atoms with Crippen molar-refractivity contribution in [3.8, 4) is 0 Å². The number of amides is 1. The molecular formula is C10H14N4O7. The zero-order valence-electron chi connectivity index (χ0n) is 10.9. The number of ether oxygens (including phenoxy) is 1. The van der Waals surface area contributed by atoms with Gasteiger partial charge in [0.2, 0.25) is 5.69 Å². The molecule has 11 heteroatoms. The molecule has 2 rings (SSSR count). The zero-order valence-corrected chi connectivity index (χ0v) is 10.9. The van der Waals surface area contributed by atoms with Crippen LogP contribution >= 0.6 is 0 Å². The predicted molar refractivity (Wildman–Crippen MR) is 65.1 cm³/mol. The normalized spacial score (nSPS) is 28.8. The van der Waals surface area contributed by atoms with Gasteiger partial charge in [-0.25, -0.2) is 4.68 Å². The number of primary amides is 1. The first-order chi connectivity index (χ1) is 9.79. The van der Waals surface area contributed by atoms with Crippen molar-refractivity contribution in [2.75, 3.05) is 6.61 Å². The highest BCUT2D eigenvalue weighted by molar-refractivity contribution is 5.95. The van der Waals surface area contributed by atoms with Crippen molar-refractivity contribution >= 4 is 11.6 Å². The summed E-state index contributed by atoms with van der Waals surface area (Å²) in [4.78, 5) is 21.4. The summed E-state index contributed by atoms with van der Waals surface area (Å²) in [7, 11) is 0. The van der Waals surface area contributed by atoms with Gasteiger partial charge in [0, 0.05) is 0 Å². The minimum Gasteiger partial charge on any atom is -0.394 e. The third-order valence-electron chi connectivity index (χ3n) is 3.29. The highest BCUT2D eigenvalue weighted by Crippen LogP contribution is 2.33. The molecule has 1 saturated heterocycles. The Kier molecular flexibility index (Phi) is 3.91. The van der Waals surface area contributed by atoms with Crippen LogP contribution in [0.4, 0.5) is 5.69 Å². The van der Waals surface area contributed by atoms with Crippen LogP contribution in [0, 0.1) is 17.0 Å². The number of aliphatic hydroxyl groups excluding tert-OH is 3. The number of rotatable bonds is 4. The fraction of sp³-hybridized carbons (Fsp3) is 0.600. The second kappa shape index (κ2) is 5.37. The standard InChI is InChI=1S/C10H14N4O7/c1-3-6(14(19)20)5(9(11)18)12-13(3)10-8(17)7(16)4(2-15)21-10/h4,7-8,10,15-17H,2H2,1H3,(H2,11,18)/t4-,7-,8-,10-/m1/s1. The molecule has 1 aromatic heterocycles. The number of nitrogens with two attached hydrogens (primary N) is 1. The van der Waals surface area contributed by atoms with Crippen molar-refractivity contribution in [1.82, 2.24) is 9.78 Å². The van der Waals surface area contributed by atoms with Crippen molar-refractivity contribution in [3.05, 3.63) is 21.5 Å². The van der Waals surface area contributed by atoms with Gasteiger partial charge in [-0.2, -0.15) is 5.10 Å². The number of hydrogen-bond donors (Lipinski definition) is 4. The Bertz CT molecular complexity index is 586. The van der Waals surface area contributed by atoms with Crippen LogP contribution < -0.4 is 5.73 Å². The number of carbonyl (C=O) groups excluding carboxylic acids is 1. The van der Waals surface area contributed by atoms with Crippen LogP contribution in [0.25, 0.3) is 0 Å². The number of aliphatic hydroxyl groups is 3. The van der Waals surface area contributed by atoms with E-state index in [1.165, 1.54) is 6.92 Å². The third-order valence-corrected chi connectivity index (χ3v) is 3.29. The van der Waals surface area contributed by atoms with Crippen LogP contribution in [0.3, 0.4) is 0 Å². The van der Waals surface area contributed by atoms with E-state index in [1.54, 1.807) is 0 Å². The van der Waals surface area contributed by atoms with Crippen LogP contribution in [0.5, 0.6) is 0 Å². The number of carbonyl (C=O) groups is 1. The van der Waals surface area contributed by atoms with Gasteiger partial charge in [0.1, 0.15) is 24.0 Å². The van der Waals surface area contributed by atoms with E-state index in [9.17, 15) is 25.1 Å². The molecule has 1 fully saturated rings. The maximum atomic E-state index is 11.2. The summed E-state index contributed by atoms with van der Waals surface area (Å²) in [6.07, 6.45) is -5.20. The maximum Gasteiger partial charge on any atom is 0.323 e. The minimum atomic E-state index is -1.47. The minimum absolute atomic E-state index is 0.0661. The quantitative estimate of drug-likeness (QED) is 0.358. The molecular weight excluding hydrogens is 288 g/mol. The van der Waals surface area contributed by atoms with Gasteiger partial charge in [-0.05, 0) is 6.92 Å². The van der Waals surface area contributed by atoms with Gasteiger partial charge in [0.05, 0.1) is 11.5 Å². The van der Waals surface area contributed by atoms with Crippen LogP contribution in [-0.2, 0) is 4.74 Å². The molecule has 21 heavy (non-hydrogen) atoms. The highest BCUT2D eigenvalue weighted by Gasteiger charge is 2.45. The highest BCUT2D eigenvalue weighted by atomic mass is 16.6. The van der Waals surface area contributed by atoms with Gasteiger partial charge in [-0.15, -0.1) is 0 Å². The van der Waals surface area contributed by atoms with E-state index in [1.807, 2.05) is 0 Å². The first kappa shape index (κ1) is 15.3. The van der Waals surface area contributed by atoms with E-state index in [0.29, 0.717) is 0 Å². The fourth-order valence-electron chi connectivity index (χ4n) is 2.22. The molecule has 11 nitrogen and oxygen atoms in total. The molecule has 0 aromatic carbocycles. The summed E-state index contributed by atoms with van der Waals surface area (Å²) in [5.74, 6) is -1.10. The topological polar surface area (TPSA) is 174 Å². The first-order valence-electron chi connectivity index (χ1n) is 5.95. The van der Waals surface area contributed by atoms with Crippen molar-refractivity contribution in [1.29, 1.82) is 0 Å². The predicted octanol–water partition coefficient (Wildman–Crippen LogP) is -2.19. The fourth-order valence-corrected chi connectivity index (χ4v) is 2.22. The molecule has 0 unspecified atom stereocenters. The summed E-state index contributed by atoms with van der Waals surface area (Å²) >= 11 is 0. The maximum absolute atomic E-state index is 11.2. The third kappa shape index (κ3) is 2.35. The molecule has 1 aliphatic rings. The van der Waals surface area contributed by atoms with E-state index in [4.69, 9.17) is 15.6 Å². The number of aromatic nitrogens is 2. The Morgan fingerprint density at radius 2 is 2.14 bits per heavy atom. The van der Waals surface area contributed by atoms with Crippen LogP contribution in [0.2, 0.25) is 0 Å². The molecule has 0 radical (unpaired) electrons. The molecule has 4 atom stereocenters. The molecule has 1 amide bonds. The monoisotopic (exact) mass is 302 g/mol. The average Bonchev–Trinajstić information content (AvgIpc) is 2.89. The molecule has 0 saturated carbocycles. The number of hydrogen-bond acceptors (Lipinski definition) is 8. The largest absolute Gasteiger partial charge is 0.394 e. The zero-order chi connectivity index (χ0) is 15.9. The average molecular weight is 302 g/mol. The molecule has 0 spiro atoms. The molecule has 0 aliphatic carbocycles. The van der Waals surface area contributed by atoms with Crippen molar-refractivity contribution in [3.63, 3.8) is 0 Å². The van der Waals surface area contributed by atoms with E-state index >= 15 is 0 Å². The number of nitro groups is 1. The Labute approximate surface area is 117 Å². The van der Waals surface area contributed by atoms with Crippen LogP contribution in [-0.4, -0.2) is 60.8 Å². The second-order valence-corrected chi connectivity index (χ2v) is 4.58. The van der Waals surface area contributed by atoms with E-state index in [-0.39, 0.29) is 5.69 Å². The Morgan fingerprint density at radius 1 is 1.52 bits per heavy atom. The summed E-state index contributed by atoms with van der Waals surface area (Å²) in [6.45, 7) is 0.742. The smallest absolute Gasteiger partial charge is 0.323 e. The van der Waals surface area contributed by atoms with Gasteiger partial charge < -0.3 is 25.8 Å². The summed E-state index contributed by atoms with van der Waals surface area (Å²) < 4.78 is 6.11. The molecule has 2 heterocycles. The lowest BCUT2D eigenvalue weighted by Crippen LogP contribution is -2.33. The van der Waals surface area contributed by atoms with Crippen molar-refractivity contribution in [2.24, 2.45) is 5.73 Å². The summed E-state index contributed by atoms with van der Waals surface area (Å²) in [6, 6.07) is 0. The first-order valence-corrected chi connectivity index (χ1v) is 5.95. The second-order valence-electron chi connectivity index (χ2n) is 4.58. The van der Waals surface area contributed by atoms with E-state index in [2.05, 4.69) is 5.10 Å². The number of nitrogens with zero attached hydrogens (tertiary/aromatic N) is 3. The Hall–Kier alpha value is -2.08. The van der Waals surface area contributed by atoms with Crippen LogP contribution in [0.1, 0.15) is 22.4 Å². The van der Waals surface area contributed by atoms with Gasteiger partial charge in [-0.3, -0.25) is 14.9 Å². The van der Waals surface area contributed by atoms with Crippen molar-refractivity contribution < 1.29 is 29.8 Å². The summed E-state index contributed by atoms with van der Waals surface area (Å²) in [5, 5.41) is 43.3. The van der Waals surface area contributed by atoms with Crippen LogP contribution in [0.15, 0.2) is 0 Å². The SMILES string of the molecule is Cc1c([N+](=O)[O-])c(C(N)=O)nn1[C@@H]1O[C@H](CO)[C@@H](O)[C@H]1O. The molecule has 116 valence electrons. The van der Waals surface area contributed by atoms with Gasteiger partial charge in [0.15, 0.2) is 6.23 Å². The van der Waals surface area contributed by atoms with E-state index < -0.39 is 53.4 Å². The lowest BCUT2D eigenvalue weighted by atomic mass is 10.1. The van der Waals surface area contributed by atoms with E-state index in [0.717, 1.165) is 4.68 Å². The Morgan fingerprint density at radius 3 is 2.52 bits per heavy atom. The van der Waals surface area contributed by atoms with Gasteiger partial charge in [-0.1, -0.05) is 0 Å². The lowest BCUT2D eigenvalue weighted by Gasteiger charge is -2.16. The molecule has 1 aliphatic heterocycles. The molecule has 0 bridgehead atoms. The summed E-state index contributed by atoms with van der Waals surface area (Å²) in [5.41, 5.74) is 3.80.